The van der Waals surface area contributed by atoms with Gasteiger partial charge in [0.05, 0.1) is 10.3 Å². The van der Waals surface area contributed by atoms with Gasteiger partial charge in [-0.3, -0.25) is 19.2 Å². The maximum Gasteiger partial charge on any atom is 0.287 e. The molecule has 0 spiro atoms. The van der Waals surface area contributed by atoms with E-state index in [-0.39, 0.29) is 39.9 Å². The molecule has 7 rings (SSSR count). The molecule has 3 amide bonds. The number of amides is 3. The van der Waals surface area contributed by atoms with Gasteiger partial charge in [-0.25, -0.2) is 8.42 Å². The van der Waals surface area contributed by atoms with Gasteiger partial charge in [0.1, 0.15) is 11.6 Å². The van der Waals surface area contributed by atoms with Crippen molar-refractivity contribution in [3.05, 3.63) is 118 Å². The van der Waals surface area contributed by atoms with E-state index in [1.165, 1.54) is 18.2 Å². The number of likely N-dealkylation sites (tertiary alicyclic amines) is 1. The van der Waals surface area contributed by atoms with Gasteiger partial charge in [0, 0.05) is 70.1 Å². The molecule has 0 bridgehead atoms. The highest BCUT2D eigenvalue weighted by atomic mass is 32.2. The molecule has 0 saturated carbocycles. The fourth-order valence-corrected chi connectivity index (χ4v) is 7.57. The molecule has 2 aliphatic rings. The highest BCUT2D eigenvalue weighted by Crippen LogP contribution is 2.26. The minimum absolute atomic E-state index is 0.0322. The largest absolute Gasteiger partial charge is 0.451 e. The lowest BCUT2D eigenvalue weighted by Gasteiger charge is -2.38. The van der Waals surface area contributed by atoms with Crippen LogP contribution in [-0.4, -0.2) is 81.0 Å². The molecule has 0 radical (unpaired) electrons. The fourth-order valence-electron chi connectivity index (χ4n) is 6.93. The van der Waals surface area contributed by atoms with Crippen molar-refractivity contribution in [3.63, 3.8) is 0 Å². The SMILES string of the molecule is CS(=O)(=O)c1ccc2oc(C(=O)N[C@H](Cc3ccc4ccccc4c3)C(=O)N3CCN(c4ccccc4CN4CCCC4=O)CC3)cc(=O)c2c1. The summed E-state index contributed by atoms with van der Waals surface area (Å²) in [5.74, 6) is -1.10. The summed E-state index contributed by atoms with van der Waals surface area (Å²) in [6.07, 6.45) is 2.71. The Morgan fingerprint density at radius 2 is 1.59 bits per heavy atom. The second-order valence-corrected chi connectivity index (χ2v) is 15.2. The number of hydrogen-bond acceptors (Lipinski definition) is 8. The molecule has 5 aromatic rings. The molecular formula is C39H38N4O7S. The molecule has 262 valence electrons. The third kappa shape index (κ3) is 7.36. The number of sulfone groups is 1. The summed E-state index contributed by atoms with van der Waals surface area (Å²) in [4.78, 5) is 59.1. The average molecular weight is 707 g/mol. The molecule has 1 aromatic heterocycles. The standard InChI is InChI=1S/C39H38N4O7S/c1-51(48,49)30-14-15-35-31(23-30)34(44)24-36(50-35)38(46)40-32(22-26-12-13-27-7-2-3-8-28(27)21-26)39(47)42-19-17-41(18-20-42)33-10-5-4-9-29(33)25-43-16-6-11-37(43)45/h2-5,7-10,12-15,21,23-24,32H,6,11,16-20,22,25H2,1H3,(H,40,46)/t32-/m1/s1. The van der Waals surface area contributed by atoms with E-state index in [4.69, 9.17) is 4.42 Å². The monoisotopic (exact) mass is 706 g/mol. The van der Waals surface area contributed by atoms with Gasteiger partial charge < -0.3 is 24.4 Å². The van der Waals surface area contributed by atoms with Gasteiger partial charge in [-0.15, -0.1) is 0 Å². The Kier molecular flexibility index (Phi) is 9.35. The molecule has 3 heterocycles. The van der Waals surface area contributed by atoms with Crippen LogP contribution in [0.25, 0.3) is 21.7 Å². The highest BCUT2D eigenvalue weighted by molar-refractivity contribution is 7.90. The van der Waals surface area contributed by atoms with Crippen molar-refractivity contribution in [3.8, 4) is 0 Å². The van der Waals surface area contributed by atoms with Crippen molar-refractivity contribution in [1.29, 1.82) is 0 Å². The zero-order valence-corrected chi connectivity index (χ0v) is 29.0. The maximum atomic E-state index is 14.2. The van der Waals surface area contributed by atoms with Crippen LogP contribution in [0.1, 0.15) is 34.5 Å². The summed E-state index contributed by atoms with van der Waals surface area (Å²) in [5.41, 5.74) is 2.45. The zero-order valence-electron chi connectivity index (χ0n) is 28.2. The molecule has 4 aromatic carbocycles. The second kappa shape index (κ2) is 14.0. The van der Waals surface area contributed by atoms with Crippen molar-refractivity contribution < 1.29 is 27.2 Å². The Hall–Kier alpha value is -5.49. The normalized spacial score (nSPS) is 15.8. The van der Waals surface area contributed by atoms with E-state index in [1.807, 2.05) is 65.6 Å². The lowest BCUT2D eigenvalue weighted by Crippen LogP contribution is -2.55. The Balaban J connectivity index is 1.11. The lowest BCUT2D eigenvalue weighted by atomic mass is 10.0. The first-order chi connectivity index (χ1) is 24.5. The van der Waals surface area contributed by atoms with Crippen LogP contribution in [0, 0.1) is 0 Å². The van der Waals surface area contributed by atoms with Crippen LogP contribution >= 0.6 is 0 Å². The first-order valence-electron chi connectivity index (χ1n) is 17.0. The molecule has 2 fully saturated rings. The van der Waals surface area contributed by atoms with Crippen molar-refractivity contribution in [2.75, 3.05) is 43.9 Å². The van der Waals surface area contributed by atoms with E-state index in [0.717, 1.165) is 52.9 Å². The van der Waals surface area contributed by atoms with Gasteiger partial charge in [0.25, 0.3) is 5.91 Å². The number of piperazine rings is 1. The summed E-state index contributed by atoms with van der Waals surface area (Å²) in [5, 5.41) is 4.93. The second-order valence-electron chi connectivity index (χ2n) is 13.2. The predicted octanol–water partition coefficient (Wildman–Crippen LogP) is 4.16. The van der Waals surface area contributed by atoms with Crippen LogP contribution in [0.3, 0.4) is 0 Å². The number of carbonyl (C=O) groups is 3. The minimum atomic E-state index is -3.57. The molecule has 12 heteroatoms. The van der Waals surface area contributed by atoms with Gasteiger partial charge in [0.2, 0.25) is 11.8 Å². The number of hydrogen-bond donors (Lipinski definition) is 1. The van der Waals surface area contributed by atoms with Crippen LogP contribution in [-0.2, 0) is 32.4 Å². The summed E-state index contributed by atoms with van der Waals surface area (Å²) >= 11 is 0. The number of fused-ring (bicyclic) bond motifs is 2. The number of anilines is 1. The fraction of sp³-hybridized carbons (Fsp3) is 0.282. The van der Waals surface area contributed by atoms with Gasteiger partial charge in [-0.2, -0.15) is 0 Å². The van der Waals surface area contributed by atoms with Crippen LogP contribution in [0.2, 0.25) is 0 Å². The maximum absolute atomic E-state index is 14.2. The van der Waals surface area contributed by atoms with Crippen LogP contribution < -0.4 is 15.6 Å². The summed E-state index contributed by atoms with van der Waals surface area (Å²) in [7, 11) is -3.57. The number of nitrogens with one attached hydrogen (secondary N) is 1. The molecule has 2 saturated heterocycles. The van der Waals surface area contributed by atoms with Gasteiger partial charge >= 0.3 is 0 Å². The molecule has 0 aliphatic carbocycles. The Labute approximate surface area is 295 Å². The summed E-state index contributed by atoms with van der Waals surface area (Å²) in [6, 6.07) is 25.8. The number of rotatable bonds is 9. The molecule has 1 N–H and O–H groups in total. The van der Waals surface area contributed by atoms with Crippen LogP contribution in [0.5, 0.6) is 0 Å². The quantitative estimate of drug-likeness (QED) is 0.241. The van der Waals surface area contributed by atoms with E-state index < -0.39 is 27.2 Å². The van der Waals surface area contributed by atoms with Gasteiger partial charge in [-0.1, -0.05) is 60.7 Å². The molecule has 51 heavy (non-hydrogen) atoms. The van der Waals surface area contributed by atoms with Gasteiger partial charge in [0.15, 0.2) is 21.0 Å². The van der Waals surface area contributed by atoms with E-state index in [2.05, 4.69) is 16.3 Å². The molecule has 11 nitrogen and oxygen atoms in total. The van der Waals surface area contributed by atoms with E-state index in [9.17, 15) is 27.6 Å². The number of benzene rings is 4. The van der Waals surface area contributed by atoms with Crippen molar-refractivity contribution in [2.24, 2.45) is 0 Å². The first-order valence-corrected chi connectivity index (χ1v) is 18.9. The minimum Gasteiger partial charge on any atom is -0.451 e. The van der Waals surface area contributed by atoms with Crippen molar-refractivity contribution in [1.82, 2.24) is 15.1 Å². The number of nitrogens with zero attached hydrogens (tertiary/aromatic N) is 3. The molecular weight excluding hydrogens is 669 g/mol. The van der Waals surface area contributed by atoms with Crippen LogP contribution in [0.15, 0.2) is 105 Å². The third-order valence-electron chi connectivity index (χ3n) is 9.66. The third-order valence-corrected chi connectivity index (χ3v) is 10.8. The smallest absolute Gasteiger partial charge is 0.287 e. The lowest BCUT2D eigenvalue weighted by molar-refractivity contribution is -0.133. The molecule has 2 aliphatic heterocycles. The molecule has 0 unspecified atom stereocenters. The average Bonchev–Trinajstić information content (AvgIpc) is 3.54. The summed E-state index contributed by atoms with van der Waals surface area (Å²) in [6.45, 7) is 3.30. The van der Waals surface area contributed by atoms with E-state index in [1.54, 1.807) is 4.90 Å². The number of carbonyl (C=O) groups excluding carboxylic acids is 3. The van der Waals surface area contributed by atoms with E-state index in [0.29, 0.717) is 39.1 Å². The van der Waals surface area contributed by atoms with Crippen molar-refractivity contribution in [2.45, 2.75) is 36.7 Å². The topological polar surface area (TPSA) is 137 Å². The highest BCUT2D eigenvalue weighted by Gasteiger charge is 2.31. The zero-order chi connectivity index (χ0) is 35.7. The van der Waals surface area contributed by atoms with Crippen LogP contribution in [0.4, 0.5) is 5.69 Å². The number of para-hydroxylation sites is 1. The first kappa shape index (κ1) is 34.0. The predicted molar refractivity (Wildman–Crippen MR) is 194 cm³/mol. The van der Waals surface area contributed by atoms with Crippen molar-refractivity contribution >= 4 is 55.0 Å². The Morgan fingerprint density at radius 1 is 0.843 bits per heavy atom. The van der Waals surface area contributed by atoms with E-state index >= 15 is 0 Å². The Morgan fingerprint density at radius 3 is 2.33 bits per heavy atom. The summed E-state index contributed by atoms with van der Waals surface area (Å²) < 4.78 is 29.8. The molecule has 1 atom stereocenters. The van der Waals surface area contributed by atoms with Gasteiger partial charge in [-0.05, 0) is 52.6 Å². The Bertz CT molecular complexity index is 2330.